The van der Waals surface area contributed by atoms with Crippen molar-refractivity contribution in [1.82, 2.24) is 34.1 Å². The molecule has 0 aromatic carbocycles. The smallest absolute Gasteiger partial charge is 0.256 e. The van der Waals surface area contributed by atoms with E-state index in [1.165, 1.54) is 12.4 Å². The summed E-state index contributed by atoms with van der Waals surface area (Å²) < 4.78 is 26.3. The minimum absolute atomic E-state index is 0.220. The molecule has 5 N–H and O–H groups in total. The fourth-order valence-corrected chi connectivity index (χ4v) is 8.06. The number of nitrogens with zero attached hydrogens (tertiary/aromatic N) is 7. The van der Waals surface area contributed by atoms with Gasteiger partial charge >= 0.3 is 0 Å². The second-order valence-electron chi connectivity index (χ2n) is 13.2. The Morgan fingerprint density at radius 1 is 0.771 bits per heavy atom. The lowest BCUT2D eigenvalue weighted by Gasteiger charge is -2.29. The second-order valence-corrected chi connectivity index (χ2v) is 15.3. The van der Waals surface area contributed by atoms with Gasteiger partial charge in [0.05, 0.1) is 28.9 Å². The first-order valence-electron chi connectivity index (χ1n) is 16.9. The highest BCUT2D eigenvalue weighted by Gasteiger charge is 2.37. The van der Waals surface area contributed by atoms with Crippen molar-refractivity contribution in [2.45, 2.75) is 81.5 Å². The zero-order valence-corrected chi connectivity index (χ0v) is 27.6. The maximum absolute atomic E-state index is 12.6. The first-order chi connectivity index (χ1) is 23.4. The summed E-state index contributed by atoms with van der Waals surface area (Å²) in [6.07, 6.45) is 17.1. The van der Waals surface area contributed by atoms with Gasteiger partial charge < -0.3 is 26.2 Å². The van der Waals surface area contributed by atoms with Crippen molar-refractivity contribution in [1.29, 1.82) is 0 Å². The Balaban J connectivity index is 1.12. The normalized spacial score (nSPS) is 23.0. The van der Waals surface area contributed by atoms with Crippen molar-refractivity contribution >= 4 is 33.3 Å². The molecule has 15 heteroatoms. The van der Waals surface area contributed by atoms with Crippen LogP contribution in [0.2, 0.25) is 0 Å². The number of rotatable bonds is 12. The van der Waals surface area contributed by atoms with Crippen LogP contribution in [0.1, 0.15) is 64.2 Å². The molecule has 7 rings (SSSR count). The van der Waals surface area contributed by atoms with Gasteiger partial charge in [-0.3, -0.25) is 0 Å². The van der Waals surface area contributed by atoms with Crippen LogP contribution in [-0.4, -0.2) is 83.3 Å². The lowest BCUT2D eigenvalue weighted by atomic mass is 9.86. The van der Waals surface area contributed by atoms with Gasteiger partial charge in [0.1, 0.15) is 11.6 Å². The molecule has 4 heterocycles. The molecular formula is C33H42N10O4S. The van der Waals surface area contributed by atoms with Crippen LogP contribution in [0.25, 0.3) is 22.6 Å². The number of hydrogen-bond donors (Lipinski definition) is 5. The number of pyridine rings is 1. The average molecular weight is 675 g/mol. The van der Waals surface area contributed by atoms with E-state index in [9.17, 15) is 18.6 Å². The number of hydrogen-bond acceptors (Lipinski definition) is 13. The van der Waals surface area contributed by atoms with Gasteiger partial charge in [-0.15, -0.1) is 0 Å². The number of nitrogens with one attached hydrogen (secondary N) is 3. The van der Waals surface area contributed by atoms with Gasteiger partial charge in [0.15, 0.2) is 5.82 Å². The number of aromatic nitrogens is 7. The van der Waals surface area contributed by atoms with Crippen LogP contribution < -0.4 is 16.0 Å². The topological polar surface area (TPSA) is 193 Å². The predicted molar refractivity (Wildman–Crippen MR) is 182 cm³/mol. The van der Waals surface area contributed by atoms with E-state index in [1.54, 1.807) is 24.7 Å². The fourth-order valence-electron chi connectivity index (χ4n) is 6.58. The van der Waals surface area contributed by atoms with Crippen LogP contribution >= 0.6 is 0 Å². The largest absolute Gasteiger partial charge is 0.396 e. The summed E-state index contributed by atoms with van der Waals surface area (Å²) in [5.41, 5.74) is 2.95. The van der Waals surface area contributed by atoms with Gasteiger partial charge in [-0.25, -0.2) is 33.3 Å². The number of aliphatic hydroxyl groups excluding tert-OH is 2. The van der Waals surface area contributed by atoms with E-state index in [2.05, 4.69) is 36.0 Å². The molecule has 14 nitrogen and oxygen atoms in total. The predicted octanol–water partition coefficient (Wildman–Crippen LogP) is 4.20. The van der Waals surface area contributed by atoms with Crippen molar-refractivity contribution in [2.75, 3.05) is 29.2 Å². The van der Waals surface area contributed by atoms with E-state index in [-0.39, 0.29) is 30.5 Å². The molecule has 3 aliphatic carbocycles. The summed E-state index contributed by atoms with van der Waals surface area (Å²) >= 11 is 0. The maximum Gasteiger partial charge on any atom is 0.256 e. The molecule has 0 spiro atoms. The molecule has 0 radical (unpaired) electrons. The van der Waals surface area contributed by atoms with Crippen LogP contribution in [-0.2, 0) is 10.0 Å². The molecule has 0 aliphatic heterocycles. The third kappa shape index (κ3) is 7.42. The van der Waals surface area contributed by atoms with Crippen LogP contribution in [0.3, 0.4) is 0 Å². The monoisotopic (exact) mass is 674 g/mol. The molecule has 4 aromatic heterocycles. The van der Waals surface area contributed by atoms with Gasteiger partial charge in [-0.2, -0.15) is 9.19 Å². The van der Waals surface area contributed by atoms with Crippen molar-refractivity contribution in [2.24, 2.45) is 11.8 Å². The fraction of sp³-hybridized carbons (Fsp3) is 0.515. The zero-order valence-electron chi connectivity index (χ0n) is 26.7. The Kier molecular flexibility index (Phi) is 9.50. The van der Waals surface area contributed by atoms with E-state index in [4.69, 9.17) is 9.97 Å². The molecule has 0 bridgehead atoms. The molecule has 0 atom stereocenters. The first-order valence-corrected chi connectivity index (χ1v) is 18.4. The second kappa shape index (κ2) is 14.1. The van der Waals surface area contributed by atoms with Crippen molar-refractivity contribution in [3.05, 3.63) is 49.2 Å². The summed E-state index contributed by atoms with van der Waals surface area (Å²) in [6, 6.07) is 6.05. The lowest BCUT2D eigenvalue weighted by Crippen LogP contribution is -2.28. The van der Waals surface area contributed by atoms with Crippen molar-refractivity contribution < 1.29 is 18.6 Å². The summed E-state index contributed by atoms with van der Waals surface area (Å²) in [5, 5.41) is 33.4. The van der Waals surface area contributed by atoms with Crippen LogP contribution in [0.4, 0.5) is 23.3 Å². The molecule has 48 heavy (non-hydrogen) atoms. The van der Waals surface area contributed by atoms with Crippen LogP contribution in [0, 0.1) is 11.8 Å². The molecule has 3 saturated carbocycles. The number of aliphatic hydroxyl groups is 2. The minimum atomic E-state index is -3.49. The van der Waals surface area contributed by atoms with E-state index in [0.717, 1.165) is 72.4 Å². The van der Waals surface area contributed by atoms with Gasteiger partial charge in [-0.05, 0) is 88.2 Å². The molecule has 3 aliphatic rings. The van der Waals surface area contributed by atoms with Gasteiger partial charge in [-0.1, -0.05) is 0 Å². The van der Waals surface area contributed by atoms with Crippen molar-refractivity contribution in [3.8, 4) is 22.6 Å². The Morgan fingerprint density at radius 3 is 2.15 bits per heavy atom. The van der Waals surface area contributed by atoms with E-state index in [1.807, 2.05) is 12.1 Å². The molecule has 4 aromatic rings. The Bertz CT molecular complexity index is 1820. The summed E-state index contributed by atoms with van der Waals surface area (Å²) in [6.45, 7) is 0.461. The quantitative estimate of drug-likeness (QED) is 0.144. The molecular weight excluding hydrogens is 632 g/mol. The third-order valence-electron chi connectivity index (χ3n) is 9.67. The highest BCUT2D eigenvalue weighted by Crippen LogP contribution is 2.34. The first kappa shape index (κ1) is 32.3. The van der Waals surface area contributed by atoms with Crippen LogP contribution in [0.5, 0.6) is 0 Å². The highest BCUT2D eigenvalue weighted by atomic mass is 32.2. The van der Waals surface area contributed by atoms with Gasteiger partial charge in [0.2, 0.25) is 5.95 Å². The molecule has 0 amide bonds. The maximum atomic E-state index is 12.6. The van der Waals surface area contributed by atoms with Crippen molar-refractivity contribution in [3.63, 3.8) is 0 Å². The van der Waals surface area contributed by atoms with E-state index >= 15 is 0 Å². The molecule has 254 valence electrons. The summed E-state index contributed by atoms with van der Waals surface area (Å²) in [5.74, 6) is 2.69. The summed E-state index contributed by atoms with van der Waals surface area (Å²) in [7, 11) is -3.49. The Labute approximate surface area is 279 Å². The lowest BCUT2D eigenvalue weighted by molar-refractivity contribution is 0.185. The Hall–Kier alpha value is -4.21. The summed E-state index contributed by atoms with van der Waals surface area (Å²) in [4.78, 5) is 23.0. The minimum Gasteiger partial charge on any atom is -0.396 e. The average Bonchev–Trinajstić information content (AvgIpc) is 3.86. The number of anilines is 4. The molecule has 0 saturated heterocycles. The Morgan fingerprint density at radius 2 is 1.46 bits per heavy atom. The molecule has 0 unspecified atom stereocenters. The van der Waals surface area contributed by atoms with E-state index < -0.39 is 10.0 Å². The third-order valence-corrected chi connectivity index (χ3v) is 11.7. The highest BCUT2D eigenvalue weighted by molar-refractivity contribution is 7.90. The zero-order chi connectivity index (χ0) is 33.1. The SMILES string of the molecule is O=S(=O)(C1CC1)n1cc(-c2nccc(Nc3cc(NC4CCC(CO)CC4)c(-c4ccnc(NC5CCC(CO)CC5)n4)cn3)n2)cn1. The van der Waals surface area contributed by atoms with E-state index in [0.29, 0.717) is 53.6 Å². The van der Waals surface area contributed by atoms with Gasteiger partial charge in [0.25, 0.3) is 10.0 Å². The standard InChI is InChI=1S/C33H42N10O4S/c44-19-21-1-5-24(6-2-21)38-29-15-31(36-17-27(29)28-11-13-35-33(40-28)39-25-7-3-22(20-45)4-8-25)41-30-12-14-34-32(42-30)23-16-37-43(18-23)48(46,47)26-9-10-26/h11-18,21-22,24-26,44-45H,1-10,19-20H2,(H,35,39,40)(H2,34,36,38,41,42). The van der Waals surface area contributed by atoms with Gasteiger partial charge in [0, 0.05) is 61.2 Å². The molecule has 3 fully saturated rings. The van der Waals surface area contributed by atoms with Crippen LogP contribution in [0.15, 0.2) is 49.2 Å².